The Morgan fingerprint density at radius 2 is 2.00 bits per heavy atom. The molecule has 0 aliphatic carbocycles. The van der Waals surface area contributed by atoms with Crippen LogP contribution in [0.15, 0.2) is 30.3 Å². The highest BCUT2D eigenvalue weighted by molar-refractivity contribution is 5.81. The minimum Gasteiger partial charge on any atom is -0.383 e. The Balaban J connectivity index is 1.73. The van der Waals surface area contributed by atoms with Crippen molar-refractivity contribution in [3.05, 3.63) is 35.9 Å². The van der Waals surface area contributed by atoms with E-state index in [9.17, 15) is 4.79 Å². The van der Waals surface area contributed by atoms with Crippen LogP contribution in [-0.4, -0.2) is 50.2 Å². The second-order valence-corrected chi connectivity index (χ2v) is 6.13. The summed E-state index contributed by atoms with van der Waals surface area (Å²) in [5, 5.41) is 2.93. The molecule has 0 spiro atoms. The number of nitrogens with zero attached hydrogens (tertiary/aromatic N) is 1. The lowest BCUT2D eigenvalue weighted by molar-refractivity contribution is -0.126. The van der Waals surface area contributed by atoms with Gasteiger partial charge in [-0.3, -0.25) is 9.69 Å². The molecule has 0 aromatic heterocycles. The van der Waals surface area contributed by atoms with Crippen LogP contribution < -0.4 is 5.32 Å². The van der Waals surface area contributed by atoms with Crippen molar-refractivity contribution < 1.29 is 9.53 Å². The van der Waals surface area contributed by atoms with Crippen LogP contribution in [0.3, 0.4) is 0 Å². The average molecular weight is 304 g/mol. The molecular weight excluding hydrogens is 276 g/mol. The predicted octanol–water partition coefficient (Wildman–Crippen LogP) is 2.09. The zero-order chi connectivity index (χ0) is 15.8. The van der Waals surface area contributed by atoms with Gasteiger partial charge in [0, 0.05) is 13.7 Å². The maximum atomic E-state index is 12.1. The lowest BCUT2D eigenvalue weighted by Crippen LogP contribution is -2.48. The maximum Gasteiger partial charge on any atom is 0.237 e. The van der Waals surface area contributed by atoms with Gasteiger partial charge in [0.15, 0.2) is 0 Å². The number of carbonyl (C=O) groups is 1. The number of carbonyl (C=O) groups excluding carboxylic acids is 1. The summed E-state index contributed by atoms with van der Waals surface area (Å²) in [7, 11) is 1.65. The van der Waals surface area contributed by atoms with Crippen molar-refractivity contribution in [2.45, 2.75) is 32.2 Å². The Bertz CT molecular complexity index is 442. The van der Waals surface area contributed by atoms with E-state index in [1.807, 2.05) is 6.92 Å². The summed E-state index contributed by atoms with van der Waals surface area (Å²) in [4.78, 5) is 14.4. The SMILES string of the molecule is COCCNC(=O)C(C)N1CCC(Cc2ccccc2)CC1. The Labute approximate surface area is 133 Å². The fourth-order valence-corrected chi connectivity index (χ4v) is 3.08. The van der Waals surface area contributed by atoms with E-state index in [1.54, 1.807) is 7.11 Å². The van der Waals surface area contributed by atoms with Gasteiger partial charge in [0.2, 0.25) is 5.91 Å². The molecule has 0 radical (unpaired) electrons. The molecule has 1 aliphatic rings. The second-order valence-electron chi connectivity index (χ2n) is 6.13. The molecular formula is C18H28N2O2. The lowest BCUT2D eigenvalue weighted by Gasteiger charge is -2.35. The van der Waals surface area contributed by atoms with E-state index in [1.165, 1.54) is 18.4 Å². The third kappa shape index (κ3) is 5.11. The van der Waals surface area contributed by atoms with Gasteiger partial charge in [0.25, 0.3) is 0 Å². The third-order valence-corrected chi connectivity index (χ3v) is 4.55. The molecule has 1 aromatic rings. The highest BCUT2D eigenvalue weighted by Crippen LogP contribution is 2.22. The molecule has 1 amide bonds. The smallest absolute Gasteiger partial charge is 0.237 e. The molecule has 2 rings (SSSR count). The largest absolute Gasteiger partial charge is 0.383 e. The first-order chi connectivity index (χ1) is 10.7. The normalized spacial score (nSPS) is 18.1. The molecule has 122 valence electrons. The van der Waals surface area contributed by atoms with E-state index in [-0.39, 0.29) is 11.9 Å². The number of methoxy groups -OCH3 is 1. The summed E-state index contributed by atoms with van der Waals surface area (Å²) in [5.41, 5.74) is 1.42. The van der Waals surface area contributed by atoms with Crippen LogP contribution in [0.2, 0.25) is 0 Å². The number of hydrogen-bond acceptors (Lipinski definition) is 3. The molecule has 1 unspecified atom stereocenters. The van der Waals surface area contributed by atoms with Crippen LogP contribution in [0.4, 0.5) is 0 Å². The van der Waals surface area contributed by atoms with Crippen LogP contribution in [0.25, 0.3) is 0 Å². The highest BCUT2D eigenvalue weighted by atomic mass is 16.5. The fraction of sp³-hybridized carbons (Fsp3) is 0.611. The van der Waals surface area contributed by atoms with Gasteiger partial charge in [-0.2, -0.15) is 0 Å². The monoisotopic (exact) mass is 304 g/mol. The molecule has 0 bridgehead atoms. The first-order valence-electron chi connectivity index (χ1n) is 8.25. The van der Waals surface area contributed by atoms with Gasteiger partial charge in [-0.15, -0.1) is 0 Å². The summed E-state index contributed by atoms with van der Waals surface area (Å²) in [6, 6.07) is 10.6. The number of hydrogen-bond donors (Lipinski definition) is 1. The van der Waals surface area contributed by atoms with Crippen molar-refractivity contribution in [2.75, 3.05) is 33.4 Å². The molecule has 1 atom stereocenters. The van der Waals surface area contributed by atoms with Gasteiger partial charge in [0.05, 0.1) is 12.6 Å². The molecule has 1 N–H and O–H groups in total. The summed E-state index contributed by atoms with van der Waals surface area (Å²) in [6.07, 6.45) is 3.50. The molecule has 1 heterocycles. The van der Waals surface area contributed by atoms with Crippen molar-refractivity contribution in [3.63, 3.8) is 0 Å². The van der Waals surface area contributed by atoms with Crippen molar-refractivity contribution in [1.29, 1.82) is 0 Å². The Morgan fingerprint density at radius 1 is 1.32 bits per heavy atom. The van der Waals surface area contributed by atoms with Gasteiger partial charge in [-0.05, 0) is 50.8 Å². The zero-order valence-corrected chi connectivity index (χ0v) is 13.8. The first kappa shape index (κ1) is 17.0. The zero-order valence-electron chi connectivity index (χ0n) is 13.8. The Kier molecular flexibility index (Phi) is 6.87. The van der Waals surface area contributed by atoms with Crippen LogP contribution in [0.1, 0.15) is 25.3 Å². The molecule has 0 saturated carbocycles. The summed E-state index contributed by atoms with van der Waals surface area (Å²) in [6.45, 7) is 5.17. The summed E-state index contributed by atoms with van der Waals surface area (Å²) >= 11 is 0. The number of likely N-dealkylation sites (tertiary alicyclic amines) is 1. The van der Waals surface area contributed by atoms with Gasteiger partial charge >= 0.3 is 0 Å². The van der Waals surface area contributed by atoms with Gasteiger partial charge in [-0.25, -0.2) is 0 Å². The number of amides is 1. The van der Waals surface area contributed by atoms with E-state index in [4.69, 9.17) is 4.74 Å². The van der Waals surface area contributed by atoms with Crippen LogP contribution in [0.5, 0.6) is 0 Å². The van der Waals surface area contributed by atoms with Gasteiger partial charge < -0.3 is 10.1 Å². The highest BCUT2D eigenvalue weighted by Gasteiger charge is 2.26. The first-order valence-corrected chi connectivity index (χ1v) is 8.25. The molecule has 1 fully saturated rings. The second kappa shape index (κ2) is 8.91. The maximum absolute atomic E-state index is 12.1. The Morgan fingerprint density at radius 3 is 2.64 bits per heavy atom. The molecule has 1 aromatic carbocycles. The molecule has 22 heavy (non-hydrogen) atoms. The third-order valence-electron chi connectivity index (χ3n) is 4.55. The minimum absolute atomic E-state index is 0.0467. The van der Waals surface area contributed by atoms with Crippen molar-refractivity contribution in [3.8, 4) is 0 Å². The average Bonchev–Trinajstić information content (AvgIpc) is 2.56. The summed E-state index contributed by atoms with van der Waals surface area (Å²) in [5.74, 6) is 0.848. The van der Waals surface area contributed by atoms with Gasteiger partial charge in [-0.1, -0.05) is 30.3 Å². The van der Waals surface area contributed by atoms with E-state index < -0.39 is 0 Å². The fourth-order valence-electron chi connectivity index (χ4n) is 3.08. The summed E-state index contributed by atoms with van der Waals surface area (Å²) < 4.78 is 4.96. The van der Waals surface area contributed by atoms with E-state index in [0.717, 1.165) is 25.4 Å². The number of ether oxygens (including phenoxy) is 1. The molecule has 4 heteroatoms. The van der Waals surface area contributed by atoms with Gasteiger partial charge in [0.1, 0.15) is 0 Å². The number of rotatable bonds is 7. The number of piperidine rings is 1. The van der Waals surface area contributed by atoms with Crippen molar-refractivity contribution in [2.24, 2.45) is 5.92 Å². The number of nitrogens with one attached hydrogen (secondary N) is 1. The van der Waals surface area contributed by atoms with Crippen molar-refractivity contribution in [1.82, 2.24) is 10.2 Å². The van der Waals surface area contributed by atoms with E-state index in [2.05, 4.69) is 40.5 Å². The Hall–Kier alpha value is -1.39. The van der Waals surface area contributed by atoms with Crippen LogP contribution in [-0.2, 0) is 16.0 Å². The topological polar surface area (TPSA) is 41.6 Å². The molecule has 4 nitrogen and oxygen atoms in total. The number of benzene rings is 1. The standard InChI is InChI=1S/C18H28N2O2/c1-15(18(21)19-10-13-22-2)20-11-8-17(9-12-20)14-16-6-4-3-5-7-16/h3-7,15,17H,8-14H2,1-2H3,(H,19,21). The van der Waals surface area contributed by atoms with Crippen LogP contribution >= 0.6 is 0 Å². The molecule has 1 aliphatic heterocycles. The minimum atomic E-state index is -0.0467. The van der Waals surface area contributed by atoms with E-state index >= 15 is 0 Å². The van der Waals surface area contributed by atoms with Crippen molar-refractivity contribution >= 4 is 5.91 Å². The van der Waals surface area contributed by atoms with Crippen LogP contribution in [0, 0.1) is 5.92 Å². The quantitative estimate of drug-likeness (QED) is 0.784. The molecule has 1 saturated heterocycles. The predicted molar refractivity (Wildman–Crippen MR) is 88.8 cm³/mol. The van der Waals surface area contributed by atoms with E-state index in [0.29, 0.717) is 13.2 Å². The lowest BCUT2D eigenvalue weighted by atomic mass is 9.89.